The maximum atomic E-state index is 11.4. The molecule has 0 saturated heterocycles. The number of carboxylic acid groups (broad SMARTS) is 1. The van der Waals surface area contributed by atoms with Gasteiger partial charge >= 0.3 is 6.03 Å². The Hall–Kier alpha value is -2.30. The second kappa shape index (κ2) is 6.44. The smallest absolute Gasteiger partial charge is 0.319 e. The number of nitrogens with one attached hydrogen (secondary N) is 2. The van der Waals surface area contributed by atoms with Crippen LogP contribution in [0.25, 0.3) is 0 Å². The van der Waals surface area contributed by atoms with Crippen LogP contribution in [0.3, 0.4) is 0 Å². The summed E-state index contributed by atoms with van der Waals surface area (Å²) in [5.41, 5.74) is 1.74. The van der Waals surface area contributed by atoms with Gasteiger partial charge in [0.05, 0.1) is 5.97 Å². The van der Waals surface area contributed by atoms with Crippen molar-refractivity contribution in [1.29, 1.82) is 0 Å². The molecular weight excluding hydrogens is 232 g/mol. The van der Waals surface area contributed by atoms with Crippen LogP contribution in [0.15, 0.2) is 36.4 Å². The highest BCUT2D eigenvalue weighted by atomic mass is 16.4. The summed E-state index contributed by atoms with van der Waals surface area (Å²) in [6.45, 7) is 5.46. The Morgan fingerprint density at radius 2 is 1.89 bits per heavy atom. The molecule has 2 amide bonds. The average molecular weight is 247 g/mol. The lowest BCUT2D eigenvalue weighted by Crippen LogP contribution is -2.31. The third-order valence-corrected chi connectivity index (χ3v) is 2.31. The van der Waals surface area contributed by atoms with E-state index in [1.165, 1.54) is 0 Å². The van der Waals surface area contributed by atoms with Crippen LogP contribution in [0.1, 0.15) is 12.0 Å². The predicted molar refractivity (Wildman–Crippen MR) is 67.0 cm³/mol. The Kier molecular flexibility index (Phi) is 4.92. The topological polar surface area (TPSA) is 81.3 Å². The molecule has 0 bridgehead atoms. The molecule has 0 aliphatic heterocycles. The number of anilines is 1. The molecule has 0 aliphatic rings. The van der Waals surface area contributed by atoms with E-state index in [0.717, 1.165) is 5.56 Å². The van der Waals surface area contributed by atoms with Gasteiger partial charge in [0.1, 0.15) is 0 Å². The van der Waals surface area contributed by atoms with Crippen molar-refractivity contribution in [3.05, 3.63) is 42.0 Å². The van der Waals surface area contributed by atoms with E-state index in [1.807, 2.05) is 19.1 Å². The highest BCUT2D eigenvalue weighted by Gasteiger charge is 2.01. The molecule has 96 valence electrons. The molecule has 0 atom stereocenters. The summed E-state index contributed by atoms with van der Waals surface area (Å²) in [6, 6.07) is 6.95. The molecule has 2 N–H and O–H groups in total. The number of aryl methyl sites for hydroxylation is 1. The molecule has 0 heterocycles. The van der Waals surface area contributed by atoms with Gasteiger partial charge in [0, 0.05) is 12.2 Å². The van der Waals surface area contributed by atoms with Crippen LogP contribution < -0.4 is 15.7 Å². The molecule has 0 saturated carbocycles. The highest BCUT2D eigenvalue weighted by molar-refractivity contribution is 5.89. The van der Waals surface area contributed by atoms with E-state index in [1.54, 1.807) is 12.1 Å². The van der Waals surface area contributed by atoms with Gasteiger partial charge in [-0.3, -0.25) is 0 Å². The molecule has 5 heteroatoms. The van der Waals surface area contributed by atoms with Gasteiger partial charge in [0.25, 0.3) is 0 Å². The Morgan fingerprint density at radius 1 is 1.28 bits per heavy atom. The largest absolute Gasteiger partial charge is 0.545 e. The van der Waals surface area contributed by atoms with Crippen LogP contribution in [0.4, 0.5) is 10.5 Å². The summed E-state index contributed by atoms with van der Waals surface area (Å²) in [5.74, 6) is -1.30. The first-order valence-corrected chi connectivity index (χ1v) is 5.49. The van der Waals surface area contributed by atoms with Crippen LogP contribution in [0.5, 0.6) is 0 Å². The number of benzene rings is 1. The summed E-state index contributed by atoms with van der Waals surface area (Å²) in [7, 11) is 0. The van der Waals surface area contributed by atoms with Crippen molar-refractivity contribution < 1.29 is 14.7 Å². The third kappa shape index (κ3) is 4.69. The molecule has 5 nitrogen and oxygen atoms in total. The zero-order chi connectivity index (χ0) is 13.5. The molecule has 1 aromatic carbocycles. The maximum absolute atomic E-state index is 11.4. The first kappa shape index (κ1) is 13.8. The highest BCUT2D eigenvalue weighted by Crippen LogP contribution is 2.08. The number of amides is 2. The molecule has 1 rings (SSSR count). The van der Waals surface area contributed by atoms with Crippen molar-refractivity contribution in [1.82, 2.24) is 5.32 Å². The van der Waals surface area contributed by atoms with E-state index in [0.29, 0.717) is 5.69 Å². The van der Waals surface area contributed by atoms with Crippen LogP contribution >= 0.6 is 0 Å². The Balaban J connectivity index is 2.32. The van der Waals surface area contributed by atoms with Crippen molar-refractivity contribution in [3.63, 3.8) is 0 Å². The van der Waals surface area contributed by atoms with Gasteiger partial charge < -0.3 is 20.5 Å². The molecule has 0 spiro atoms. The second-order valence-electron chi connectivity index (χ2n) is 3.89. The number of aliphatic carboxylic acids is 1. The van der Waals surface area contributed by atoms with Crippen molar-refractivity contribution in [2.45, 2.75) is 13.3 Å². The number of hydrogen-bond donors (Lipinski definition) is 2. The van der Waals surface area contributed by atoms with Gasteiger partial charge in [0.2, 0.25) is 0 Å². The van der Waals surface area contributed by atoms with Gasteiger partial charge in [-0.1, -0.05) is 24.3 Å². The Bertz CT molecular complexity index is 452. The van der Waals surface area contributed by atoms with E-state index < -0.39 is 5.97 Å². The third-order valence-electron chi connectivity index (χ3n) is 2.31. The fourth-order valence-electron chi connectivity index (χ4n) is 1.24. The molecule has 0 aliphatic carbocycles. The fourth-order valence-corrected chi connectivity index (χ4v) is 1.24. The van der Waals surface area contributed by atoms with Gasteiger partial charge in [-0.05, 0) is 31.1 Å². The van der Waals surface area contributed by atoms with E-state index >= 15 is 0 Å². The van der Waals surface area contributed by atoms with E-state index in [2.05, 4.69) is 17.2 Å². The lowest BCUT2D eigenvalue weighted by atomic mass is 10.2. The fraction of sp³-hybridized carbons (Fsp3) is 0.231. The number of carbonyl (C=O) groups is 2. The molecule has 0 aromatic heterocycles. The van der Waals surface area contributed by atoms with Gasteiger partial charge in [-0.2, -0.15) is 0 Å². The van der Waals surface area contributed by atoms with Gasteiger partial charge in [0.15, 0.2) is 0 Å². The molecule has 0 fully saturated rings. The number of hydrogen-bond acceptors (Lipinski definition) is 3. The first-order chi connectivity index (χ1) is 8.49. The van der Waals surface area contributed by atoms with E-state index in [-0.39, 0.29) is 24.6 Å². The zero-order valence-electron chi connectivity index (χ0n) is 10.2. The molecule has 18 heavy (non-hydrogen) atoms. The predicted octanol–water partition coefficient (Wildman–Crippen LogP) is 0.813. The van der Waals surface area contributed by atoms with Crippen LogP contribution in [0.2, 0.25) is 0 Å². The number of carboxylic acids is 1. The van der Waals surface area contributed by atoms with Crippen LogP contribution in [-0.2, 0) is 4.79 Å². The van der Waals surface area contributed by atoms with Gasteiger partial charge in [-0.25, -0.2) is 4.79 Å². The maximum Gasteiger partial charge on any atom is 0.319 e. The first-order valence-electron chi connectivity index (χ1n) is 5.49. The molecular formula is C13H15N2O3-. The lowest BCUT2D eigenvalue weighted by Gasteiger charge is -2.09. The monoisotopic (exact) mass is 247 g/mol. The van der Waals surface area contributed by atoms with Crippen molar-refractivity contribution in [3.8, 4) is 0 Å². The van der Waals surface area contributed by atoms with Crippen molar-refractivity contribution >= 4 is 17.7 Å². The SMILES string of the molecule is C=C(CCNC(=O)Nc1ccc(C)cc1)C(=O)[O-]. The van der Waals surface area contributed by atoms with Crippen LogP contribution in [-0.4, -0.2) is 18.5 Å². The quantitative estimate of drug-likeness (QED) is 0.755. The van der Waals surface area contributed by atoms with Crippen LogP contribution in [0, 0.1) is 6.92 Å². The Morgan fingerprint density at radius 3 is 2.44 bits per heavy atom. The standard InChI is InChI=1S/C13H16N2O3/c1-9-3-5-11(6-4-9)15-13(18)14-8-7-10(2)12(16)17/h3-6H,2,7-8H2,1H3,(H,16,17)(H2,14,15,18)/p-1. The van der Waals surface area contributed by atoms with E-state index in [9.17, 15) is 14.7 Å². The minimum absolute atomic E-state index is 0.0364. The minimum atomic E-state index is -1.30. The summed E-state index contributed by atoms with van der Waals surface area (Å²) < 4.78 is 0. The number of urea groups is 1. The van der Waals surface area contributed by atoms with Crippen molar-refractivity contribution in [2.75, 3.05) is 11.9 Å². The average Bonchev–Trinajstić information content (AvgIpc) is 2.32. The lowest BCUT2D eigenvalue weighted by molar-refractivity contribution is -0.299. The Labute approximate surface area is 106 Å². The molecule has 0 unspecified atom stereocenters. The van der Waals surface area contributed by atoms with Crippen molar-refractivity contribution in [2.24, 2.45) is 0 Å². The number of rotatable bonds is 5. The summed E-state index contributed by atoms with van der Waals surface area (Å²) in [4.78, 5) is 21.8. The zero-order valence-corrected chi connectivity index (χ0v) is 10.2. The summed E-state index contributed by atoms with van der Waals surface area (Å²) >= 11 is 0. The summed E-state index contributed by atoms with van der Waals surface area (Å²) in [6.07, 6.45) is 0.156. The molecule has 1 aromatic rings. The second-order valence-corrected chi connectivity index (χ2v) is 3.89. The summed E-state index contributed by atoms with van der Waals surface area (Å²) in [5, 5.41) is 15.5. The minimum Gasteiger partial charge on any atom is -0.545 e. The van der Waals surface area contributed by atoms with E-state index in [4.69, 9.17) is 0 Å². The number of carbonyl (C=O) groups excluding carboxylic acids is 2. The normalized spacial score (nSPS) is 9.61. The van der Waals surface area contributed by atoms with Gasteiger partial charge in [-0.15, -0.1) is 0 Å². The molecule has 0 radical (unpaired) electrons.